The fourth-order valence-electron chi connectivity index (χ4n) is 1.000. The number of methoxy groups -OCH3 is 1. The van der Waals surface area contributed by atoms with E-state index in [-0.39, 0.29) is 10.6 Å². The van der Waals surface area contributed by atoms with E-state index in [2.05, 4.69) is 10.7 Å². The number of esters is 1. The molecule has 0 aliphatic carbocycles. The predicted octanol–water partition coefficient (Wildman–Crippen LogP) is 2.88. The third kappa shape index (κ3) is 4.00. The molecule has 0 saturated heterocycles. The van der Waals surface area contributed by atoms with Crippen molar-refractivity contribution in [2.45, 2.75) is 6.18 Å². The first kappa shape index (κ1) is 13.4. The molecule has 0 spiro atoms. The largest absolute Gasteiger partial charge is 0.459 e. The molecule has 1 rings (SSSR count). The van der Waals surface area contributed by atoms with Crippen molar-refractivity contribution in [3.8, 4) is 11.8 Å². The van der Waals surface area contributed by atoms with Crippen LogP contribution in [0.3, 0.4) is 0 Å². The maximum absolute atomic E-state index is 12.4. The van der Waals surface area contributed by atoms with Gasteiger partial charge in [0.05, 0.1) is 12.7 Å². The molecule has 6 heteroatoms. The number of rotatable bonds is 0. The third-order valence-corrected chi connectivity index (χ3v) is 1.94. The molecule has 0 atom stereocenters. The van der Waals surface area contributed by atoms with Gasteiger partial charge in [-0.15, -0.1) is 0 Å². The van der Waals surface area contributed by atoms with Crippen molar-refractivity contribution in [1.29, 1.82) is 0 Å². The second kappa shape index (κ2) is 5.11. The monoisotopic (exact) mass is 262 g/mol. The molecule has 90 valence electrons. The number of hydrogen-bond acceptors (Lipinski definition) is 2. The summed E-state index contributed by atoms with van der Waals surface area (Å²) in [5.74, 6) is 3.42. The van der Waals surface area contributed by atoms with Gasteiger partial charge in [-0.25, -0.2) is 4.79 Å². The van der Waals surface area contributed by atoms with Crippen LogP contribution in [-0.4, -0.2) is 13.1 Å². The number of alkyl halides is 3. The van der Waals surface area contributed by atoms with Gasteiger partial charge in [0.2, 0.25) is 0 Å². The van der Waals surface area contributed by atoms with E-state index >= 15 is 0 Å². The summed E-state index contributed by atoms with van der Waals surface area (Å²) in [4.78, 5) is 10.7. The van der Waals surface area contributed by atoms with Gasteiger partial charge in [-0.3, -0.25) is 0 Å². The van der Waals surface area contributed by atoms with Gasteiger partial charge in [-0.05, 0) is 18.2 Å². The molecule has 0 bridgehead atoms. The maximum Gasteiger partial charge on any atom is 0.416 e. The van der Waals surface area contributed by atoms with Gasteiger partial charge in [0.15, 0.2) is 0 Å². The van der Waals surface area contributed by atoms with Gasteiger partial charge in [-0.2, -0.15) is 13.2 Å². The number of halogens is 4. The van der Waals surface area contributed by atoms with Crippen molar-refractivity contribution < 1.29 is 22.7 Å². The summed E-state index contributed by atoms with van der Waals surface area (Å²) in [6.45, 7) is 0. The molecule has 0 aliphatic rings. The zero-order valence-corrected chi connectivity index (χ0v) is 9.32. The molecule has 0 unspecified atom stereocenters. The number of carbonyl (C=O) groups excluding carboxylic acids is 1. The van der Waals surface area contributed by atoms with Crippen LogP contribution in [0.1, 0.15) is 11.1 Å². The number of carbonyl (C=O) groups is 1. The Kier molecular flexibility index (Phi) is 4.02. The number of hydrogen-bond donors (Lipinski definition) is 0. The van der Waals surface area contributed by atoms with Crippen molar-refractivity contribution in [1.82, 2.24) is 0 Å². The lowest BCUT2D eigenvalue weighted by Gasteiger charge is -2.07. The molecule has 1 aromatic rings. The molecule has 0 fully saturated rings. The van der Waals surface area contributed by atoms with Crippen LogP contribution in [0.4, 0.5) is 13.2 Å². The van der Waals surface area contributed by atoms with Crippen molar-refractivity contribution in [2.24, 2.45) is 0 Å². The van der Waals surface area contributed by atoms with Crippen molar-refractivity contribution in [2.75, 3.05) is 7.11 Å². The van der Waals surface area contributed by atoms with Crippen LogP contribution in [-0.2, 0) is 15.7 Å². The fourth-order valence-corrected chi connectivity index (χ4v) is 1.23. The SMILES string of the molecule is COC(=O)C#Cc1cc(Cl)cc(C(F)(F)F)c1. The molecule has 0 saturated carbocycles. The normalized spacial score (nSPS) is 10.4. The molecule has 1 aromatic carbocycles. The molecular weight excluding hydrogens is 257 g/mol. The van der Waals surface area contributed by atoms with E-state index in [1.165, 1.54) is 6.07 Å². The smallest absolute Gasteiger partial charge is 0.416 e. The molecule has 0 N–H and O–H groups in total. The van der Waals surface area contributed by atoms with E-state index < -0.39 is 17.7 Å². The Morgan fingerprint density at radius 1 is 1.35 bits per heavy atom. The molecule has 17 heavy (non-hydrogen) atoms. The van der Waals surface area contributed by atoms with E-state index in [1.807, 2.05) is 5.92 Å². The Bertz CT molecular complexity index is 498. The quantitative estimate of drug-likeness (QED) is 0.531. The maximum atomic E-state index is 12.4. The molecule has 0 aliphatic heterocycles. The van der Waals surface area contributed by atoms with Crippen LogP contribution in [0.5, 0.6) is 0 Å². The summed E-state index contributed by atoms with van der Waals surface area (Å²) in [6, 6.07) is 2.82. The van der Waals surface area contributed by atoms with E-state index in [9.17, 15) is 18.0 Å². The summed E-state index contributed by atoms with van der Waals surface area (Å²) >= 11 is 5.52. The lowest BCUT2D eigenvalue weighted by Crippen LogP contribution is -2.05. The van der Waals surface area contributed by atoms with Gasteiger partial charge in [0.25, 0.3) is 0 Å². The minimum absolute atomic E-state index is 0.00442. The van der Waals surface area contributed by atoms with Crippen LogP contribution in [0.15, 0.2) is 18.2 Å². The number of benzene rings is 1. The first-order valence-corrected chi connectivity index (χ1v) is 4.68. The van der Waals surface area contributed by atoms with E-state index in [1.54, 1.807) is 0 Å². The highest BCUT2D eigenvalue weighted by Gasteiger charge is 2.30. The molecule has 0 heterocycles. The van der Waals surface area contributed by atoms with Gasteiger partial charge >= 0.3 is 12.1 Å². The van der Waals surface area contributed by atoms with Crippen LogP contribution in [0, 0.1) is 11.8 Å². The number of ether oxygens (including phenoxy) is 1. The van der Waals surface area contributed by atoms with E-state index in [4.69, 9.17) is 11.6 Å². The fraction of sp³-hybridized carbons (Fsp3) is 0.182. The van der Waals surface area contributed by atoms with Crippen molar-refractivity contribution in [3.63, 3.8) is 0 Å². The predicted molar refractivity (Wildman–Crippen MR) is 55.3 cm³/mol. The first-order chi connectivity index (χ1) is 7.82. The Morgan fingerprint density at radius 3 is 2.53 bits per heavy atom. The standard InChI is InChI=1S/C11H6ClF3O2/c1-17-10(16)3-2-7-4-8(11(13,14)15)6-9(12)5-7/h4-6H,1H3. The van der Waals surface area contributed by atoms with Gasteiger partial charge in [-0.1, -0.05) is 17.5 Å². The molecular formula is C11H6ClF3O2. The zero-order chi connectivity index (χ0) is 13.1. The molecule has 0 aromatic heterocycles. The van der Waals surface area contributed by atoms with Gasteiger partial charge < -0.3 is 4.74 Å². The van der Waals surface area contributed by atoms with Crippen molar-refractivity contribution >= 4 is 17.6 Å². The Hall–Kier alpha value is -1.67. The lowest BCUT2D eigenvalue weighted by atomic mass is 10.1. The summed E-state index contributed by atoms with van der Waals surface area (Å²) in [5, 5.41) is -0.103. The highest BCUT2D eigenvalue weighted by atomic mass is 35.5. The molecule has 2 nitrogen and oxygen atoms in total. The lowest BCUT2D eigenvalue weighted by molar-refractivity contribution is -0.137. The van der Waals surface area contributed by atoms with E-state index in [0.29, 0.717) is 0 Å². The summed E-state index contributed by atoms with van der Waals surface area (Å²) in [5.41, 5.74) is -0.922. The van der Waals surface area contributed by atoms with Crippen molar-refractivity contribution in [3.05, 3.63) is 34.3 Å². The highest BCUT2D eigenvalue weighted by molar-refractivity contribution is 6.30. The Labute approximate surface area is 100 Å². The first-order valence-electron chi connectivity index (χ1n) is 4.30. The van der Waals surface area contributed by atoms with Crippen LogP contribution in [0.2, 0.25) is 5.02 Å². The van der Waals surface area contributed by atoms with Gasteiger partial charge in [0.1, 0.15) is 0 Å². The van der Waals surface area contributed by atoms with Crippen LogP contribution in [0.25, 0.3) is 0 Å². The average molecular weight is 263 g/mol. The Balaban J connectivity index is 3.13. The summed E-state index contributed by atoms with van der Waals surface area (Å²) in [6.07, 6.45) is -4.51. The van der Waals surface area contributed by atoms with Gasteiger partial charge in [0, 0.05) is 16.5 Å². The minimum Gasteiger partial charge on any atom is -0.459 e. The molecule has 0 radical (unpaired) electrons. The third-order valence-electron chi connectivity index (χ3n) is 1.72. The van der Waals surface area contributed by atoms with Crippen LogP contribution >= 0.6 is 11.6 Å². The minimum atomic E-state index is -4.51. The zero-order valence-electron chi connectivity index (χ0n) is 8.56. The second-order valence-corrected chi connectivity index (χ2v) is 3.40. The van der Waals surface area contributed by atoms with Crippen LogP contribution < -0.4 is 0 Å². The van der Waals surface area contributed by atoms with E-state index in [0.717, 1.165) is 19.2 Å². The molecule has 0 amide bonds. The summed E-state index contributed by atoms with van der Waals surface area (Å²) < 4.78 is 41.5. The summed E-state index contributed by atoms with van der Waals surface area (Å²) in [7, 11) is 1.12. The Morgan fingerprint density at radius 2 is 2.00 bits per heavy atom. The second-order valence-electron chi connectivity index (χ2n) is 2.97. The average Bonchev–Trinajstić information content (AvgIpc) is 2.24. The topological polar surface area (TPSA) is 26.3 Å². The highest BCUT2D eigenvalue weighted by Crippen LogP contribution is 2.31.